The van der Waals surface area contributed by atoms with E-state index in [0.29, 0.717) is 18.7 Å². The van der Waals surface area contributed by atoms with Gasteiger partial charge in [-0.25, -0.2) is 9.18 Å². The lowest BCUT2D eigenvalue weighted by Crippen LogP contribution is -2.37. The molecule has 2 aromatic carbocycles. The Balaban J connectivity index is 1.72. The molecule has 5 nitrogen and oxygen atoms in total. The van der Waals surface area contributed by atoms with Gasteiger partial charge in [0.05, 0.1) is 0 Å². The first-order valence-electron chi connectivity index (χ1n) is 8.77. The molecule has 0 saturated carbocycles. The molecule has 0 aliphatic heterocycles. The molecule has 2 rings (SSSR count). The molecule has 27 heavy (non-hydrogen) atoms. The lowest BCUT2D eigenvalue weighted by molar-refractivity contribution is -0.156. The van der Waals surface area contributed by atoms with Gasteiger partial charge in [0, 0.05) is 6.54 Å². The fourth-order valence-electron chi connectivity index (χ4n) is 2.43. The molecule has 0 radical (unpaired) electrons. The number of ether oxygens (including phenoxy) is 2. The molecule has 0 unspecified atom stereocenters. The van der Waals surface area contributed by atoms with Gasteiger partial charge in [-0.3, -0.25) is 4.79 Å². The predicted octanol–water partition coefficient (Wildman–Crippen LogP) is 3.11. The van der Waals surface area contributed by atoms with Crippen molar-refractivity contribution in [2.45, 2.75) is 33.3 Å². The highest BCUT2D eigenvalue weighted by molar-refractivity contribution is 5.83. The summed E-state index contributed by atoms with van der Waals surface area (Å²) in [6.07, 6.45) is -0.365. The molecule has 6 heteroatoms. The minimum Gasteiger partial charge on any atom is -0.482 e. The van der Waals surface area contributed by atoms with Crippen LogP contribution in [0.5, 0.6) is 5.75 Å². The standard InChI is InChI=1S/C21H24FNO4/c1-14-5-4-6-19(15(14)2)26-13-20(24)27-16(3)21(25)23-12-11-17-7-9-18(22)10-8-17/h4-10,16H,11-13H2,1-3H3,(H,23,25)/t16-/m1/s1. The molecule has 0 fully saturated rings. The molecule has 1 amide bonds. The SMILES string of the molecule is Cc1cccc(OCC(=O)O[C@H](C)C(=O)NCCc2ccc(F)cc2)c1C. The van der Waals surface area contributed by atoms with Gasteiger partial charge in [-0.2, -0.15) is 0 Å². The van der Waals surface area contributed by atoms with Crippen molar-refractivity contribution in [3.63, 3.8) is 0 Å². The summed E-state index contributed by atoms with van der Waals surface area (Å²) < 4.78 is 23.4. The van der Waals surface area contributed by atoms with Crippen molar-refractivity contribution in [2.24, 2.45) is 0 Å². The maximum Gasteiger partial charge on any atom is 0.344 e. The van der Waals surface area contributed by atoms with Crippen molar-refractivity contribution in [2.75, 3.05) is 13.2 Å². The first-order chi connectivity index (χ1) is 12.9. The van der Waals surface area contributed by atoms with Gasteiger partial charge >= 0.3 is 5.97 Å². The number of benzene rings is 2. The van der Waals surface area contributed by atoms with Crippen molar-refractivity contribution in [1.29, 1.82) is 0 Å². The molecule has 0 bridgehead atoms. The topological polar surface area (TPSA) is 64.6 Å². The van der Waals surface area contributed by atoms with Gasteiger partial charge in [0.15, 0.2) is 12.7 Å². The quantitative estimate of drug-likeness (QED) is 0.722. The first-order valence-corrected chi connectivity index (χ1v) is 8.77. The maximum absolute atomic E-state index is 12.8. The average molecular weight is 373 g/mol. The molecule has 0 heterocycles. The number of hydrogen-bond acceptors (Lipinski definition) is 4. The smallest absolute Gasteiger partial charge is 0.344 e. The number of carbonyl (C=O) groups is 2. The van der Waals surface area contributed by atoms with Crippen molar-refractivity contribution in [3.8, 4) is 5.75 Å². The van der Waals surface area contributed by atoms with Crippen LogP contribution in [-0.4, -0.2) is 31.1 Å². The molecule has 0 spiro atoms. The average Bonchev–Trinajstić information content (AvgIpc) is 2.64. The van der Waals surface area contributed by atoms with Crippen molar-refractivity contribution < 1.29 is 23.5 Å². The van der Waals surface area contributed by atoms with Crippen LogP contribution in [0.2, 0.25) is 0 Å². The maximum atomic E-state index is 12.8. The number of halogens is 1. The Labute approximate surface area is 158 Å². The van der Waals surface area contributed by atoms with Crippen LogP contribution in [0.1, 0.15) is 23.6 Å². The molecular formula is C21H24FNO4. The van der Waals surface area contributed by atoms with Gasteiger partial charge in [-0.15, -0.1) is 0 Å². The summed E-state index contributed by atoms with van der Waals surface area (Å²) in [5, 5.41) is 2.69. The highest BCUT2D eigenvalue weighted by Gasteiger charge is 2.18. The number of nitrogens with one attached hydrogen (secondary N) is 1. The van der Waals surface area contributed by atoms with Gasteiger partial charge in [0.1, 0.15) is 11.6 Å². The number of rotatable bonds is 8. The third-order valence-electron chi connectivity index (χ3n) is 4.20. The van der Waals surface area contributed by atoms with Gasteiger partial charge in [0.2, 0.25) is 0 Å². The van der Waals surface area contributed by atoms with Gasteiger partial charge < -0.3 is 14.8 Å². The zero-order valence-corrected chi connectivity index (χ0v) is 15.8. The normalized spacial score (nSPS) is 11.6. The number of carbonyl (C=O) groups excluding carboxylic acids is 2. The summed E-state index contributed by atoms with van der Waals surface area (Å²) in [5.41, 5.74) is 2.93. The van der Waals surface area contributed by atoms with Crippen LogP contribution in [0.4, 0.5) is 4.39 Å². The molecule has 0 saturated heterocycles. The molecular weight excluding hydrogens is 349 g/mol. The monoisotopic (exact) mass is 373 g/mol. The van der Waals surface area contributed by atoms with E-state index in [1.54, 1.807) is 18.2 Å². The van der Waals surface area contributed by atoms with Crippen LogP contribution in [0.25, 0.3) is 0 Å². The molecule has 1 N–H and O–H groups in total. The van der Waals surface area contributed by atoms with E-state index >= 15 is 0 Å². The largest absolute Gasteiger partial charge is 0.482 e. The fourth-order valence-corrected chi connectivity index (χ4v) is 2.43. The Morgan fingerprint density at radius 2 is 1.81 bits per heavy atom. The van der Waals surface area contributed by atoms with E-state index in [4.69, 9.17) is 9.47 Å². The molecule has 2 aromatic rings. The van der Waals surface area contributed by atoms with E-state index in [2.05, 4.69) is 5.32 Å². The summed E-state index contributed by atoms with van der Waals surface area (Å²) in [4.78, 5) is 23.9. The van der Waals surface area contributed by atoms with Crippen molar-refractivity contribution in [1.82, 2.24) is 5.32 Å². The van der Waals surface area contributed by atoms with E-state index in [1.165, 1.54) is 19.1 Å². The Bertz CT molecular complexity index is 789. The lowest BCUT2D eigenvalue weighted by Gasteiger charge is -2.15. The summed E-state index contributed by atoms with van der Waals surface area (Å²) in [6.45, 7) is 5.47. The lowest BCUT2D eigenvalue weighted by atomic mass is 10.1. The Kier molecular flexibility index (Phi) is 7.34. The molecule has 0 aliphatic carbocycles. The van der Waals surface area contributed by atoms with Crippen LogP contribution in [-0.2, 0) is 20.7 Å². The Morgan fingerprint density at radius 3 is 2.52 bits per heavy atom. The molecule has 1 atom stereocenters. The van der Waals surface area contributed by atoms with E-state index in [1.807, 2.05) is 26.0 Å². The van der Waals surface area contributed by atoms with Gasteiger partial charge in [-0.05, 0) is 62.1 Å². The fraction of sp³-hybridized carbons (Fsp3) is 0.333. The van der Waals surface area contributed by atoms with Crippen LogP contribution in [0.3, 0.4) is 0 Å². The van der Waals surface area contributed by atoms with Crippen LogP contribution in [0, 0.1) is 19.7 Å². The second-order valence-corrected chi connectivity index (χ2v) is 6.29. The molecule has 0 aliphatic rings. The van der Waals surface area contributed by atoms with E-state index in [0.717, 1.165) is 16.7 Å². The highest BCUT2D eigenvalue weighted by atomic mass is 19.1. The summed E-state index contributed by atoms with van der Waals surface area (Å²) >= 11 is 0. The van der Waals surface area contributed by atoms with Crippen molar-refractivity contribution in [3.05, 3.63) is 65.0 Å². The van der Waals surface area contributed by atoms with E-state index in [-0.39, 0.29) is 12.4 Å². The zero-order valence-electron chi connectivity index (χ0n) is 15.8. The zero-order chi connectivity index (χ0) is 19.8. The van der Waals surface area contributed by atoms with Crippen LogP contribution < -0.4 is 10.1 Å². The second-order valence-electron chi connectivity index (χ2n) is 6.29. The highest BCUT2D eigenvalue weighted by Crippen LogP contribution is 2.20. The third kappa shape index (κ3) is 6.40. The molecule has 144 valence electrons. The predicted molar refractivity (Wildman–Crippen MR) is 100 cm³/mol. The second kappa shape index (κ2) is 9.71. The minimum absolute atomic E-state index is 0.266. The Hall–Kier alpha value is -2.89. The van der Waals surface area contributed by atoms with Crippen LogP contribution >= 0.6 is 0 Å². The van der Waals surface area contributed by atoms with E-state index < -0.39 is 18.0 Å². The minimum atomic E-state index is -0.923. The van der Waals surface area contributed by atoms with E-state index in [9.17, 15) is 14.0 Å². The van der Waals surface area contributed by atoms with Crippen LogP contribution in [0.15, 0.2) is 42.5 Å². The number of amides is 1. The summed E-state index contributed by atoms with van der Waals surface area (Å²) in [5.74, 6) is -0.691. The summed E-state index contributed by atoms with van der Waals surface area (Å²) in [7, 11) is 0. The Morgan fingerprint density at radius 1 is 1.11 bits per heavy atom. The number of esters is 1. The number of aryl methyl sites for hydroxylation is 1. The number of hydrogen-bond donors (Lipinski definition) is 1. The van der Waals surface area contributed by atoms with Gasteiger partial charge in [-0.1, -0.05) is 24.3 Å². The van der Waals surface area contributed by atoms with Crippen molar-refractivity contribution >= 4 is 11.9 Å². The first kappa shape index (κ1) is 20.4. The summed E-state index contributed by atoms with van der Waals surface area (Å²) in [6, 6.07) is 11.7. The van der Waals surface area contributed by atoms with Gasteiger partial charge in [0.25, 0.3) is 5.91 Å². The molecule has 0 aromatic heterocycles. The third-order valence-corrected chi connectivity index (χ3v) is 4.20.